The van der Waals surface area contributed by atoms with Crippen molar-refractivity contribution < 1.29 is 14.3 Å². The number of carbonyl (C=O) groups excluding carboxylic acids is 1. The van der Waals surface area contributed by atoms with Crippen LogP contribution in [0.1, 0.15) is 17.5 Å². The van der Waals surface area contributed by atoms with Gasteiger partial charge in [0.05, 0.1) is 19.4 Å². The van der Waals surface area contributed by atoms with E-state index in [1.807, 2.05) is 42.5 Å². The minimum absolute atomic E-state index is 0.232. The SMILES string of the molecule is COc1cc(C=NNC(=O)CC#N)ccc1OC/C=C/c1ccccc1. The molecule has 0 fully saturated rings. The Balaban J connectivity index is 1.93. The summed E-state index contributed by atoms with van der Waals surface area (Å²) in [6, 6.07) is 17.0. The molecule has 1 N–H and O–H groups in total. The van der Waals surface area contributed by atoms with Gasteiger partial charge in [-0.3, -0.25) is 4.79 Å². The third kappa shape index (κ3) is 6.13. The van der Waals surface area contributed by atoms with Crippen LogP contribution in [-0.2, 0) is 4.79 Å². The number of amides is 1. The quantitative estimate of drug-likeness (QED) is 0.586. The Morgan fingerprint density at radius 3 is 2.73 bits per heavy atom. The van der Waals surface area contributed by atoms with Crippen molar-refractivity contribution in [2.45, 2.75) is 6.42 Å². The van der Waals surface area contributed by atoms with E-state index in [1.54, 1.807) is 31.4 Å². The van der Waals surface area contributed by atoms with Gasteiger partial charge in [0.15, 0.2) is 11.5 Å². The summed E-state index contributed by atoms with van der Waals surface area (Å²) in [5.74, 6) is 0.710. The zero-order valence-corrected chi connectivity index (χ0v) is 14.4. The van der Waals surface area contributed by atoms with Crippen LogP contribution in [0.3, 0.4) is 0 Å². The molecule has 2 rings (SSSR count). The third-order valence-electron chi connectivity index (χ3n) is 3.28. The summed E-state index contributed by atoms with van der Waals surface area (Å²) in [6.07, 6.45) is 5.15. The lowest BCUT2D eigenvalue weighted by Gasteiger charge is -2.09. The lowest BCUT2D eigenvalue weighted by atomic mass is 10.2. The van der Waals surface area contributed by atoms with Crippen LogP contribution in [0.5, 0.6) is 11.5 Å². The number of nitrogens with zero attached hydrogens (tertiary/aromatic N) is 2. The Kier molecular flexibility index (Phi) is 7.43. The van der Waals surface area contributed by atoms with Crippen molar-refractivity contribution in [3.8, 4) is 17.6 Å². The van der Waals surface area contributed by atoms with Gasteiger partial charge in [-0.1, -0.05) is 36.4 Å². The van der Waals surface area contributed by atoms with E-state index in [1.165, 1.54) is 6.21 Å². The van der Waals surface area contributed by atoms with Gasteiger partial charge in [0.2, 0.25) is 0 Å². The molecule has 2 aromatic rings. The van der Waals surface area contributed by atoms with Crippen LogP contribution in [0, 0.1) is 11.3 Å². The number of hydrogen-bond acceptors (Lipinski definition) is 5. The van der Waals surface area contributed by atoms with Gasteiger partial charge in [-0.05, 0) is 35.4 Å². The predicted octanol–water partition coefficient (Wildman–Crippen LogP) is 3.15. The number of carbonyl (C=O) groups is 1. The van der Waals surface area contributed by atoms with Crippen molar-refractivity contribution in [1.82, 2.24) is 5.43 Å². The van der Waals surface area contributed by atoms with Gasteiger partial charge in [-0.25, -0.2) is 5.43 Å². The highest BCUT2D eigenvalue weighted by Crippen LogP contribution is 2.27. The largest absolute Gasteiger partial charge is 0.493 e. The number of benzene rings is 2. The van der Waals surface area contributed by atoms with Gasteiger partial charge in [-0.15, -0.1) is 0 Å². The van der Waals surface area contributed by atoms with Crippen molar-refractivity contribution in [2.24, 2.45) is 5.10 Å². The highest BCUT2D eigenvalue weighted by Gasteiger charge is 2.04. The molecule has 2 aromatic carbocycles. The van der Waals surface area contributed by atoms with E-state index < -0.39 is 5.91 Å². The molecule has 0 aliphatic carbocycles. The third-order valence-corrected chi connectivity index (χ3v) is 3.28. The molecule has 132 valence electrons. The highest BCUT2D eigenvalue weighted by atomic mass is 16.5. The molecule has 0 saturated heterocycles. The topological polar surface area (TPSA) is 83.7 Å². The monoisotopic (exact) mass is 349 g/mol. The molecule has 0 radical (unpaired) electrons. The van der Waals surface area contributed by atoms with E-state index in [-0.39, 0.29) is 6.42 Å². The Labute approximate surface area is 152 Å². The van der Waals surface area contributed by atoms with Crippen LogP contribution in [0.25, 0.3) is 6.08 Å². The fourth-order valence-electron chi connectivity index (χ4n) is 2.06. The average Bonchev–Trinajstić information content (AvgIpc) is 2.67. The Morgan fingerprint density at radius 1 is 1.19 bits per heavy atom. The van der Waals surface area contributed by atoms with Crippen molar-refractivity contribution in [3.05, 3.63) is 65.7 Å². The van der Waals surface area contributed by atoms with Crippen molar-refractivity contribution in [1.29, 1.82) is 5.26 Å². The normalized spacial score (nSPS) is 10.6. The van der Waals surface area contributed by atoms with Crippen LogP contribution >= 0.6 is 0 Å². The standard InChI is InChI=1S/C20H19N3O3/c1-25-19-14-17(15-22-23-20(24)11-12-21)9-10-18(19)26-13-5-8-16-6-3-2-4-7-16/h2-10,14-15H,11,13H2,1H3,(H,23,24)/b8-5+,22-15?. The predicted molar refractivity (Wildman–Crippen MR) is 99.9 cm³/mol. The molecule has 0 aliphatic rings. The zero-order chi connectivity index (χ0) is 18.6. The van der Waals surface area contributed by atoms with E-state index in [0.29, 0.717) is 18.1 Å². The highest BCUT2D eigenvalue weighted by molar-refractivity contribution is 5.83. The second kappa shape index (κ2) is 10.3. The van der Waals surface area contributed by atoms with E-state index in [2.05, 4.69) is 10.5 Å². The van der Waals surface area contributed by atoms with E-state index in [9.17, 15) is 4.79 Å². The van der Waals surface area contributed by atoms with E-state index in [0.717, 1.165) is 11.1 Å². The molecular weight excluding hydrogens is 330 g/mol. The molecular formula is C20H19N3O3. The first-order valence-corrected chi connectivity index (χ1v) is 7.94. The molecule has 0 unspecified atom stereocenters. The van der Waals surface area contributed by atoms with Crippen molar-refractivity contribution >= 4 is 18.2 Å². The van der Waals surface area contributed by atoms with Gasteiger partial charge in [-0.2, -0.15) is 10.4 Å². The van der Waals surface area contributed by atoms with Gasteiger partial charge < -0.3 is 9.47 Å². The van der Waals surface area contributed by atoms with Gasteiger partial charge in [0.1, 0.15) is 13.0 Å². The first-order valence-electron chi connectivity index (χ1n) is 7.94. The lowest BCUT2D eigenvalue weighted by molar-refractivity contribution is -0.120. The molecule has 1 amide bonds. The molecule has 0 aromatic heterocycles. The average molecular weight is 349 g/mol. The van der Waals surface area contributed by atoms with Crippen molar-refractivity contribution in [3.63, 3.8) is 0 Å². The Bertz CT molecular complexity index is 824. The molecule has 6 nitrogen and oxygen atoms in total. The van der Waals surface area contributed by atoms with E-state index >= 15 is 0 Å². The molecule has 26 heavy (non-hydrogen) atoms. The lowest BCUT2D eigenvalue weighted by Crippen LogP contribution is -2.16. The summed E-state index contributed by atoms with van der Waals surface area (Å²) in [5.41, 5.74) is 4.10. The minimum atomic E-state index is -0.458. The van der Waals surface area contributed by atoms with Crippen LogP contribution in [-0.4, -0.2) is 25.8 Å². The molecule has 6 heteroatoms. The molecule has 0 spiro atoms. The maximum Gasteiger partial charge on any atom is 0.254 e. The Morgan fingerprint density at radius 2 is 2.00 bits per heavy atom. The maximum atomic E-state index is 11.2. The first-order chi connectivity index (χ1) is 12.7. The Hall–Kier alpha value is -3.59. The number of rotatable bonds is 8. The number of nitrogens with one attached hydrogen (secondary N) is 1. The number of hydrazone groups is 1. The summed E-state index contributed by atoms with van der Waals surface area (Å²) >= 11 is 0. The maximum absolute atomic E-state index is 11.2. The molecule has 0 heterocycles. The zero-order valence-electron chi connectivity index (χ0n) is 14.4. The van der Waals surface area contributed by atoms with Crippen LogP contribution < -0.4 is 14.9 Å². The number of methoxy groups -OCH3 is 1. The number of hydrogen-bond donors (Lipinski definition) is 1. The summed E-state index contributed by atoms with van der Waals surface area (Å²) < 4.78 is 11.0. The number of nitriles is 1. The second-order valence-corrected chi connectivity index (χ2v) is 5.16. The summed E-state index contributed by atoms with van der Waals surface area (Å²) in [6.45, 7) is 0.406. The van der Waals surface area contributed by atoms with Gasteiger partial charge in [0.25, 0.3) is 5.91 Å². The smallest absolute Gasteiger partial charge is 0.254 e. The fourth-order valence-corrected chi connectivity index (χ4v) is 2.06. The molecule has 0 atom stereocenters. The van der Waals surface area contributed by atoms with Crippen LogP contribution in [0.2, 0.25) is 0 Å². The summed E-state index contributed by atoms with van der Waals surface area (Å²) in [5, 5.41) is 12.2. The molecule has 0 aliphatic heterocycles. The van der Waals surface area contributed by atoms with Crippen LogP contribution in [0.15, 0.2) is 59.7 Å². The molecule has 0 saturated carbocycles. The van der Waals surface area contributed by atoms with E-state index in [4.69, 9.17) is 14.7 Å². The molecule has 0 bridgehead atoms. The minimum Gasteiger partial charge on any atom is -0.493 e. The summed E-state index contributed by atoms with van der Waals surface area (Å²) in [7, 11) is 1.55. The number of ether oxygens (including phenoxy) is 2. The summed E-state index contributed by atoms with van der Waals surface area (Å²) in [4.78, 5) is 11.2. The second-order valence-electron chi connectivity index (χ2n) is 5.16. The van der Waals surface area contributed by atoms with Crippen molar-refractivity contribution in [2.75, 3.05) is 13.7 Å². The fraction of sp³-hybridized carbons (Fsp3) is 0.150. The van der Waals surface area contributed by atoms with Gasteiger partial charge >= 0.3 is 0 Å². The van der Waals surface area contributed by atoms with Crippen LogP contribution in [0.4, 0.5) is 0 Å². The first kappa shape index (κ1) is 18.7. The van der Waals surface area contributed by atoms with Gasteiger partial charge in [0, 0.05) is 0 Å².